The van der Waals surface area contributed by atoms with Crippen molar-refractivity contribution < 1.29 is 13.9 Å². The molecule has 5 rings (SSSR count). The quantitative estimate of drug-likeness (QED) is 0.505. The van der Waals surface area contributed by atoms with Gasteiger partial charge in [0.25, 0.3) is 0 Å². The molecular formula is C25H22FN5O2. The van der Waals surface area contributed by atoms with Crippen LogP contribution in [0, 0.1) is 5.82 Å². The van der Waals surface area contributed by atoms with Gasteiger partial charge in [-0.05, 0) is 36.4 Å². The summed E-state index contributed by atoms with van der Waals surface area (Å²) in [5.41, 5.74) is 3.07. The van der Waals surface area contributed by atoms with Gasteiger partial charge in [0.2, 0.25) is 5.91 Å². The Hall–Kier alpha value is -3.75. The average Bonchev–Trinajstić information content (AvgIpc) is 2.84. The van der Waals surface area contributed by atoms with Gasteiger partial charge in [-0.2, -0.15) is 0 Å². The van der Waals surface area contributed by atoms with Crippen LogP contribution in [-0.4, -0.2) is 52.0 Å². The van der Waals surface area contributed by atoms with Gasteiger partial charge in [-0.25, -0.2) is 9.37 Å². The second-order valence-corrected chi connectivity index (χ2v) is 7.86. The normalized spacial score (nSPS) is 16.6. The minimum absolute atomic E-state index is 0.106. The minimum Gasteiger partial charge on any atom is -0.369 e. The van der Waals surface area contributed by atoms with E-state index in [0.717, 1.165) is 16.6 Å². The SMILES string of the molecule is O=C(CN1CCO[C@@H](c2cncc(-c3ccccc3F)n2)C1)Nc1ccc2ncccc2c1. The van der Waals surface area contributed by atoms with Crippen LogP contribution in [0.2, 0.25) is 0 Å². The fourth-order valence-corrected chi connectivity index (χ4v) is 3.92. The maximum absolute atomic E-state index is 14.2. The number of hydrogen-bond acceptors (Lipinski definition) is 6. The standard InChI is InChI=1S/C25H22FN5O2/c26-20-6-2-1-5-19(20)22-13-27-14-23(30-22)24-15-31(10-11-33-24)16-25(32)29-18-7-8-21-17(12-18)4-3-9-28-21/h1-9,12-14,24H,10-11,15-16H2,(H,29,32)/t24-/m1/s1. The first kappa shape index (κ1) is 21.1. The number of pyridine rings is 1. The van der Waals surface area contributed by atoms with Crippen LogP contribution in [-0.2, 0) is 9.53 Å². The molecule has 1 amide bonds. The Morgan fingerprint density at radius 3 is 2.97 bits per heavy atom. The van der Waals surface area contributed by atoms with Crippen molar-refractivity contribution in [2.75, 3.05) is 31.6 Å². The van der Waals surface area contributed by atoms with Crippen LogP contribution in [0.5, 0.6) is 0 Å². The molecule has 1 atom stereocenters. The third kappa shape index (κ3) is 4.87. The van der Waals surface area contributed by atoms with E-state index in [1.165, 1.54) is 12.3 Å². The Morgan fingerprint density at radius 1 is 1.15 bits per heavy atom. The summed E-state index contributed by atoms with van der Waals surface area (Å²) in [4.78, 5) is 27.8. The molecule has 1 aliphatic heterocycles. The molecule has 0 bridgehead atoms. The van der Waals surface area contributed by atoms with E-state index >= 15 is 0 Å². The molecule has 2 aromatic carbocycles. The van der Waals surface area contributed by atoms with Crippen LogP contribution in [0.4, 0.5) is 10.1 Å². The third-order valence-corrected chi connectivity index (χ3v) is 5.54. The molecule has 1 N–H and O–H groups in total. The van der Waals surface area contributed by atoms with Crippen molar-refractivity contribution in [3.63, 3.8) is 0 Å². The molecule has 166 valence electrons. The molecule has 1 fully saturated rings. The van der Waals surface area contributed by atoms with Crippen molar-refractivity contribution >= 4 is 22.5 Å². The predicted octanol–water partition coefficient (Wildman–Crippen LogP) is 3.84. The number of amides is 1. The lowest BCUT2D eigenvalue weighted by Gasteiger charge is -2.32. The number of hydrogen-bond donors (Lipinski definition) is 1. The van der Waals surface area contributed by atoms with E-state index in [0.29, 0.717) is 36.6 Å². The van der Waals surface area contributed by atoms with E-state index in [1.807, 2.05) is 35.2 Å². The van der Waals surface area contributed by atoms with Crippen LogP contribution in [0.3, 0.4) is 0 Å². The van der Waals surface area contributed by atoms with Crippen LogP contribution in [0.1, 0.15) is 11.8 Å². The van der Waals surface area contributed by atoms with Crippen molar-refractivity contribution in [3.8, 4) is 11.3 Å². The molecule has 1 saturated heterocycles. The number of morpholine rings is 1. The van der Waals surface area contributed by atoms with E-state index in [4.69, 9.17) is 4.74 Å². The second-order valence-electron chi connectivity index (χ2n) is 7.86. The summed E-state index contributed by atoms with van der Waals surface area (Å²) >= 11 is 0. The Bertz CT molecular complexity index is 1300. The number of carbonyl (C=O) groups excluding carboxylic acids is 1. The van der Waals surface area contributed by atoms with E-state index in [9.17, 15) is 9.18 Å². The highest BCUT2D eigenvalue weighted by Crippen LogP contribution is 2.25. The van der Waals surface area contributed by atoms with Gasteiger partial charge < -0.3 is 10.1 Å². The summed E-state index contributed by atoms with van der Waals surface area (Å²) in [5, 5.41) is 3.92. The number of anilines is 1. The highest BCUT2D eigenvalue weighted by molar-refractivity contribution is 5.94. The van der Waals surface area contributed by atoms with Gasteiger partial charge in [-0.3, -0.25) is 19.7 Å². The first-order chi connectivity index (χ1) is 16.2. The molecule has 4 aromatic rings. The van der Waals surface area contributed by atoms with Crippen LogP contribution >= 0.6 is 0 Å². The summed E-state index contributed by atoms with van der Waals surface area (Å²) in [5.74, 6) is -0.457. The van der Waals surface area contributed by atoms with Gasteiger partial charge in [-0.15, -0.1) is 0 Å². The van der Waals surface area contributed by atoms with Gasteiger partial charge in [0.05, 0.1) is 42.4 Å². The zero-order chi connectivity index (χ0) is 22.6. The van der Waals surface area contributed by atoms with Crippen molar-refractivity contribution in [2.24, 2.45) is 0 Å². The molecule has 0 spiro atoms. The first-order valence-corrected chi connectivity index (χ1v) is 10.7. The van der Waals surface area contributed by atoms with E-state index in [2.05, 4.69) is 20.3 Å². The molecule has 3 heterocycles. The topological polar surface area (TPSA) is 80.2 Å². The van der Waals surface area contributed by atoms with Crippen LogP contribution in [0.15, 0.2) is 73.2 Å². The molecule has 0 unspecified atom stereocenters. The van der Waals surface area contributed by atoms with Crippen molar-refractivity contribution in [1.29, 1.82) is 0 Å². The van der Waals surface area contributed by atoms with Gasteiger partial charge in [0, 0.05) is 35.9 Å². The third-order valence-electron chi connectivity index (χ3n) is 5.54. The summed E-state index contributed by atoms with van der Waals surface area (Å²) in [6.07, 6.45) is 4.56. The summed E-state index contributed by atoms with van der Waals surface area (Å²) in [6.45, 7) is 1.81. The van der Waals surface area contributed by atoms with Gasteiger partial charge in [0.15, 0.2) is 0 Å². The number of rotatable bonds is 5. The number of fused-ring (bicyclic) bond motifs is 1. The van der Waals surface area contributed by atoms with Crippen molar-refractivity contribution in [3.05, 3.63) is 84.7 Å². The number of benzene rings is 2. The van der Waals surface area contributed by atoms with Crippen molar-refractivity contribution in [2.45, 2.75) is 6.10 Å². The smallest absolute Gasteiger partial charge is 0.238 e. The number of nitrogens with one attached hydrogen (secondary N) is 1. The maximum atomic E-state index is 14.2. The van der Waals surface area contributed by atoms with Crippen molar-refractivity contribution in [1.82, 2.24) is 19.9 Å². The second kappa shape index (κ2) is 9.40. The highest BCUT2D eigenvalue weighted by Gasteiger charge is 2.25. The highest BCUT2D eigenvalue weighted by atomic mass is 19.1. The molecule has 2 aromatic heterocycles. The monoisotopic (exact) mass is 443 g/mol. The lowest BCUT2D eigenvalue weighted by Crippen LogP contribution is -2.42. The molecule has 0 aliphatic carbocycles. The Labute approximate surface area is 190 Å². The molecule has 33 heavy (non-hydrogen) atoms. The van der Waals surface area contributed by atoms with Crippen LogP contribution in [0.25, 0.3) is 22.2 Å². The Balaban J connectivity index is 1.25. The van der Waals surface area contributed by atoms with Gasteiger partial charge in [0.1, 0.15) is 11.9 Å². The molecule has 1 aliphatic rings. The fraction of sp³-hybridized carbons (Fsp3) is 0.200. The lowest BCUT2D eigenvalue weighted by atomic mass is 10.1. The zero-order valence-corrected chi connectivity index (χ0v) is 17.8. The van der Waals surface area contributed by atoms with Crippen LogP contribution < -0.4 is 5.32 Å². The molecule has 8 heteroatoms. The number of halogens is 1. The first-order valence-electron chi connectivity index (χ1n) is 10.7. The predicted molar refractivity (Wildman–Crippen MR) is 123 cm³/mol. The summed E-state index contributed by atoms with van der Waals surface area (Å²) in [6, 6.07) is 15.9. The maximum Gasteiger partial charge on any atom is 0.238 e. The van der Waals surface area contributed by atoms with E-state index < -0.39 is 0 Å². The largest absolute Gasteiger partial charge is 0.369 e. The lowest BCUT2D eigenvalue weighted by molar-refractivity contribution is -0.119. The number of carbonyl (C=O) groups is 1. The van der Waals surface area contributed by atoms with E-state index in [-0.39, 0.29) is 24.4 Å². The Kier molecular flexibility index (Phi) is 6.01. The molecule has 0 radical (unpaired) electrons. The minimum atomic E-state index is -0.351. The van der Waals surface area contributed by atoms with E-state index in [1.54, 1.807) is 30.6 Å². The summed E-state index contributed by atoms with van der Waals surface area (Å²) < 4.78 is 20.1. The number of ether oxygens (including phenoxy) is 1. The number of nitrogens with zero attached hydrogens (tertiary/aromatic N) is 4. The summed E-state index contributed by atoms with van der Waals surface area (Å²) in [7, 11) is 0. The molecule has 7 nitrogen and oxygen atoms in total. The Morgan fingerprint density at radius 2 is 2.06 bits per heavy atom. The average molecular weight is 443 g/mol. The molecule has 0 saturated carbocycles. The van der Waals surface area contributed by atoms with Gasteiger partial charge >= 0.3 is 0 Å². The fourth-order valence-electron chi connectivity index (χ4n) is 3.92. The zero-order valence-electron chi connectivity index (χ0n) is 17.8. The molecular weight excluding hydrogens is 421 g/mol. The number of aromatic nitrogens is 3. The van der Waals surface area contributed by atoms with Gasteiger partial charge in [-0.1, -0.05) is 18.2 Å².